The molecule has 0 radical (unpaired) electrons. The van der Waals surface area contributed by atoms with E-state index in [1.807, 2.05) is 6.07 Å². The van der Waals surface area contributed by atoms with E-state index in [0.29, 0.717) is 0 Å². The minimum absolute atomic E-state index is 0.0394. The van der Waals surface area contributed by atoms with Crippen molar-refractivity contribution in [1.82, 2.24) is 4.98 Å². The number of aromatic nitrogens is 1. The van der Waals surface area contributed by atoms with Crippen molar-refractivity contribution in [2.75, 3.05) is 10.0 Å². The summed E-state index contributed by atoms with van der Waals surface area (Å²) in [5, 5.41) is 12.8. The number of nitrogens with zero attached hydrogens (tertiary/aromatic N) is 2. The third-order valence-corrected chi connectivity index (χ3v) is 6.02. The van der Waals surface area contributed by atoms with Crippen LogP contribution in [-0.4, -0.2) is 13.4 Å². The summed E-state index contributed by atoms with van der Waals surface area (Å²) in [7, 11) is -4.27. The maximum atomic E-state index is 14.5. The minimum atomic E-state index is -4.27. The second-order valence-electron chi connectivity index (χ2n) is 5.71. The Balaban J connectivity index is 1.89. The Labute approximate surface area is 173 Å². The molecule has 2 aromatic carbocycles. The van der Waals surface area contributed by atoms with Crippen LogP contribution in [0.5, 0.6) is 0 Å². The topological polar surface area (TPSA) is 121 Å². The van der Waals surface area contributed by atoms with Crippen molar-refractivity contribution in [3.05, 3.63) is 69.0 Å². The fourth-order valence-corrected chi connectivity index (χ4v) is 4.32. The highest BCUT2D eigenvalue weighted by molar-refractivity contribution is 7.92. The van der Waals surface area contributed by atoms with Gasteiger partial charge in [-0.05, 0) is 30.3 Å². The quantitative estimate of drug-likeness (QED) is 0.486. The Morgan fingerprint density at radius 1 is 1.24 bits per heavy atom. The predicted octanol–water partition coefficient (Wildman–Crippen LogP) is 3.82. The average Bonchev–Trinajstić information content (AvgIpc) is 3.16. The molecule has 3 aromatic rings. The van der Waals surface area contributed by atoms with Crippen LogP contribution in [0, 0.1) is 23.0 Å². The normalized spacial score (nSPS) is 12.2. The Bertz CT molecular complexity index is 1200. The van der Waals surface area contributed by atoms with Gasteiger partial charge >= 0.3 is 0 Å². The number of thiazole rings is 1. The lowest BCUT2D eigenvalue weighted by molar-refractivity contribution is 0.570. The van der Waals surface area contributed by atoms with Gasteiger partial charge in [0.15, 0.2) is 5.82 Å². The summed E-state index contributed by atoms with van der Waals surface area (Å²) < 4.78 is 55.4. The molecule has 0 saturated carbocycles. The van der Waals surface area contributed by atoms with Gasteiger partial charge in [0, 0.05) is 10.9 Å². The molecule has 3 rings (SSSR count). The first-order valence-corrected chi connectivity index (χ1v) is 10.6. The number of benzene rings is 2. The molecule has 0 bridgehead atoms. The van der Waals surface area contributed by atoms with E-state index in [1.165, 1.54) is 23.0 Å². The van der Waals surface area contributed by atoms with Crippen LogP contribution in [-0.2, 0) is 10.0 Å². The monoisotopic (exact) mass is 455 g/mol. The van der Waals surface area contributed by atoms with Gasteiger partial charge in [0.2, 0.25) is 0 Å². The van der Waals surface area contributed by atoms with Crippen LogP contribution >= 0.6 is 22.9 Å². The first-order valence-electron chi connectivity index (χ1n) is 7.83. The zero-order valence-electron chi connectivity index (χ0n) is 14.4. The molecule has 29 heavy (non-hydrogen) atoms. The number of rotatable bonds is 6. The van der Waals surface area contributed by atoms with Crippen molar-refractivity contribution >= 4 is 44.5 Å². The highest BCUT2D eigenvalue weighted by Crippen LogP contribution is 2.31. The van der Waals surface area contributed by atoms with E-state index in [1.54, 1.807) is 0 Å². The summed E-state index contributed by atoms with van der Waals surface area (Å²) in [6.45, 7) is 0. The molecule has 0 aliphatic heterocycles. The first kappa shape index (κ1) is 20.9. The molecule has 4 N–H and O–H groups in total. The lowest BCUT2D eigenvalue weighted by Gasteiger charge is -2.18. The molecule has 1 aromatic heterocycles. The van der Waals surface area contributed by atoms with Gasteiger partial charge in [-0.15, -0.1) is 11.3 Å². The molecular formula is C17H12ClF2N5O2S2. The number of hydrogen-bond donors (Lipinski definition) is 3. The van der Waals surface area contributed by atoms with Gasteiger partial charge in [0.1, 0.15) is 22.7 Å². The molecule has 0 aliphatic carbocycles. The van der Waals surface area contributed by atoms with Gasteiger partial charge in [0.05, 0.1) is 27.9 Å². The Morgan fingerprint density at radius 3 is 2.66 bits per heavy atom. The predicted molar refractivity (Wildman–Crippen MR) is 106 cm³/mol. The van der Waals surface area contributed by atoms with Crippen LogP contribution in [0.1, 0.15) is 17.3 Å². The van der Waals surface area contributed by atoms with Gasteiger partial charge < -0.3 is 11.1 Å². The molecule has 150 valence electrons. The molecule has 1 atom stereocenters. The van der Waals surface area contributed by atoms with E-state index in [-0.39, 0.29) is 27.7 Å². The third kappa shape index (κ3) is 4.63. The highest BCUT2D eigenvalue weighted by Gasteiger charge is 2.23. The smallest absolute Gasteiger partial charge is 0.266 e. The van der Waals surface area contributed by atoms with Crippen LogP contribution in [0.3, 0.4) is 0 Å². The van der Waals surface area contributed by atoms with E-state index in [4.69, 9.17) is 22.6 Å². The third-order valence-electron chi connectivity index (χ3n) is 3.75. The van der Waals surface area contributed by atoms with E-state index >= 15 is 0 Å². The van der Waals surface area contributed by atoms with Crippen LogP contribution in [0.25, 0.3) is 0 Å². The van der Waals surface area contributed by atoms with Gasteiger partial charge in [-0.3, -0.25) is 4.72 Å². The van der Waals surface area contributed by atoms with E-state index in [9.17, 15) is 17.2 Å². The molecule has 0 fully saturated rings. The van der Waals surface area contributed by atoms with Crippen LogP contribution in [0.15, 0.2) is 46.1 Å². The van der Waals surface area contributed by atoms with Gasteiger partial charge in [-0.2, -0.15) is 5.26 Å². The van der Waals surface area contributed by atoms with Crippen molar-refractivity contribution in [2.45, 2.75) is 11.1 Å². The second-order valence-corrected chi connectivity index (χ2v) is 8.49. The minimum Gasteiger partial charge on any atom is -0.365 e. The number of halogens is 3. The Hall–Kier alpha value is -2.78. The molecule has 0 amide bonds. The van der Waals surface area contributed by atoms with Crippen LogP contribution in [0.2, 0.25) is 5.02 Å². The van der Waals surface area contributed by atoms with Gasteiger partial charge in [0.25, 0.3) is 10.0 Å². The molecule has 0 aliphatic rings. The summed E-state index contributed by atoms with van der Waals surface area (Å²) in [5.74, 6) is -1.73. The number of nitrogens with two attached hydrogens (primary N) is 1. The van der Waals surface area contributed by atoms with E-state index in [0.717, 1.165) is 29.5 Å². The highest BCUT2D eigenvalue weighted by atomic mass is 35.5. The molecule has 0 unspecified atom stereocenters. The number of nitriles is 1. The molecule has 0 spiro atoms. The lowest BCUT2D eigenvalue weighted by Crippen LogP contribution is -2.22. The summed E-state index contributed by atoms with van der Waals surface area (Å²) in [6, 6.07) is 7.21. The number of anilines is 2. The average molecular weight is 456 g/mol. The van der Waals surface area contributed by atoms with Crippen molar-refractivity contribution < 1.29 is 17.2 Å². The maximum Gasteiger partial charge on any atom is 0.266 e. The number of sulfonamides is 1. The summed E-state index contributed by atoms with van der Waals surface area (Å²) in [4.78, 5) is 3.09. The van der Waals surface area contributed by atoms with Crippen molar-refractivity contribution in [3.8, 4) is 6.07 Å². The van der Waals surface area contributed by atoms with E-state index < -0.39 is 32.7 Å². The standard InChI is InChI=1S/C17H12ClF2N5O2S2/c18-11-4-15(29(26,27)25-16-7-28-8-23-16)13(20)5-14(11)24-17(22)10-3-9(6-21)1-2-12(10)19/h1-5,7-8,17,24-25H,22H2/t17-/m1/s1. The van der Waals surface area contributed by atoms with E-state index in [2.05, 4.69) is 15.0 Å². The molecular weight excluding hydrogens is 444 g/mol. The molecule has 1 heterocycles. The van der Waals surface area contributed by atoms with Crippen molar-refractivity contribution in [1.29, 1.82) is 5.26 Å². The SMILES string of the molecule is N#Cc1ccc(F)c([C@H](N)Nc2cc(F)c(S(=O)(=O)Nc3cscn3)cc2Cl)c1. The molecule has 7 nitrogen and oxygen atoms in total. The Morgan fingerprint density at radius 2 is 2.00 bits per heavy atom. The Kier molecular flexibility index (Phi) is 5.99. The summed E-state index contributed by atoms with van der Waals surface area (Å²) in [5.41, 5.74) is 7.41. The second kappa shape index (κ2) is 8.30. The molecule has 0 saturated heterocycles. The zero-order valence-corrected chi connectivity index (χ0v) is 16.7. The molecule has 12 heteroatoms. The fourth-order valence-electron chi connectivity index (χ4n) is 2.40. The lowest BCUT2D eigenvalue weighted by atomic mass is 10.1. The van der Waals surface area contributed by atoms with Gasteiger partial charge in [-0.1, -0.05) is 11.6 Å². The van der Waals surface area contributed by atoms with Crippen LogP contribution < -0.4 is 15.8 Å². The van der Waals surface area contributed by atoms with Crippen LogP contribution in [0.4, 0.5) is 20.3 Å². The zero-order chi connectivity index (χ0) is 21.2. The first-order chi connectivity index (χ1) is 13.7. The number of nitrogens with one attached hydrogen (secondary N) is 2. The summed E-state index contributed by atoms with van der Waals surface area (Å²) in [6.07, 6.45) is -1.17. The number of hydrogen-bond acceptors (Lipinski definition) is 7. The maximum absolute atomic E-state index is 14.5. The van der Waals surface area contributed by atoms with Gasteiger partial charge in [-0.25, -0.2) is 22.2 Å². The largest absolute Gasteiger partial charge is 0.365 e. The van der Waals surface area contributed by atoms with Crippen molar-refractivity contribution in [2.24, 2.45) is 5.73 Å². The summed E-state index contributed by atoms with van der Waals surface area (Å²) >= 11 is 7.24. The van der Waals surface area contributed by atoms with Crippen molar-refractivity contribution in [3.63, 3.8) is 0 Å². The fraction of sp³-hybridized carbons (Fsp3) is 0.0588.